The maximum atomic E-state index is 12.0. The van der Waals surface area contributed by atoms with Gasteiger partial charge in [0.15, 0.2) is 10.8 Å². The van der Waals surface area contributed by atoms with Crippen LogP contribution in [0.5, 0.6) is 0 Å². The predicted molar refractivity (Wildman–Crippen MR) is 83.2 cm³/mol. The van der Waals surface area contributed by atoms with Crippen molar-refractivity contribution in [3.05, 3.63) is 23.0 Å². The molecule has 3 rings (SSSR count). The number of amides is 1. The summed E-state index contributed by atoms with van der Waals surface area (Å²) in [5.74, 6) is -0.264. The first-order valence-electron chi connectivity index (χ1n) is 6.58. The first-order chi connectivity index (χ1) is 9.72. The molecule has 0 atom stereocenters. The second kappa shape index (κ2) is 6.97. The van der Waals surface area contributed by atoms with Gasteiger partial charge >= 0.3 is 0 Å². The molecule has 3 heterocycles. The number of rotatable bonds is 3. The summed E-state index contributed by atoms with van der Waals surface area (Å²) in [6.45, 7) is 3.84. The van der Waals surface area contributed by atoms with Gasteiger partial charge in [0.1, 0.15) is 0 Å². The first-order valence-corrected chi connectivity index (χ1v) is 7.46. The molecule has 114 valence electrons. The van der Waals surface area contributed by atoms with E-state index in [-0.39, 0.29) is 18.3 Å². The summed E-state index contributed by atoms with van der Waals surface area (Å²) < 4.78 is 1.79. The number of aryl methyl sites for hydroxylation is 1. The van der Waals surface area contributed by atoms with Crippen LogP contribution in [0.15, 0.2) is 11.6 Å². The summed E-state index contributed by atoms with van der Waals surface area (Å²) in [5, 5.41) is 16.5. The number of thiazole rings is 1. The van der Waals surface area contributed by atoms with Gasteiger partial charge in [0, 0.05) is 5.38 Å². The van der Waals surface area contributed by atoms with Crippen molar-refractivity contribution < 1.29 is 4.79 Å². The molecule has 0 bridgehead atoms. The lowest BCUT2D eigenvalue weighted by Crippen LogP contribution is -2.29. The van der Waals surface area contributed by atoms with E-state index in [0.717, 1.165) is 31.6 Å². The zero-order chi connectivity index (χ0) is 13.9. The van der Waals surface area contributed by atoms with E-state index in [4.69, 9.17) is 0 Å². The number of piperidine rings is 1. The Balaban J connectivity index is 0.00000161. The van der Waals surface area contributed by atoms with E-state index in [1.54, 1.807) is 10.9 Å². The van der Waals surface area contributed by atoms with Crippen LogP contribution in [-0.4, -0.2) is 39.0 Å². The lowest BCUT2D eigenvalue weighted by Gasteiger charge is -2.21. The van der Waals surface area contributed by atoms with Crippen molar-refractivity contribution in [1.82, 2.24) is 25.3 Å². The molecule has 2 aromatic heterocycles. The van der Waals surface area contributed by atoms with Crippen LogP contribution in [0.3, 0.4) is 0 Å². The highest BCUT2D eigenvalue weighted by molar-refractivity contribution is 7.13. The summed E-state index contributed by atoms with van der Waals surface area (Å²) >= 11 is 1.40. The normalized spacial score (nSPS) is 15.5. The van der Waals surface area contributed by atoms with Crippen molar-refractivity contribution in [1.29, 1.82) is 0 Å². The third-order valence-electron chi connectivity index (χ3n) is 3.27. The van der Waals surface area contributed by atoms with Crippen LogP contribution in [0.4, 0.5) is 5.13 Å². The van der Waals surface area contributed by atoms with Crippen LogP contribution in [0.2, 0.25) is 0 Å². The summed E-state index contributed by atoms with van der Waals surface area (Å²) in [4.78, 5) is 16.2. The van der Waals surface area contributed by atoms with Crippen LogP contribution in [0, 0.1) is 6.92 Å². The molecule has 2 N–H and O–H groups in total. The number of carbonyl (C=O) groups is 1. The highest BCUT2D eigenvalue weighted by atomic mass is 35.5. The molecule has 0 saturated carbocycles. The molecule has 0 aliphatic carbocycles. The number of hydrogen-bond acceptors (Lipinski definition) is 6. The second-order valence-corrected chi connectivity index (χ2v) is 5.67. The fourth-order valence-electron chi connectivity index (χ4n) is 2.20. The predicted octanol–water partition coefficient (Wildman–Crippen LogP) is 1.64. The number of nitrogens with one attached hydrogen (secondary N) is 2. The Kier molecular flexibility index (Phi) is 5.27. The van der Waals surface area contributed by atoms with E-state index in [9.17, 15) is 4.79 Å². The van der Waals surface area contributed by atoms with Gasteiger partial charge in [0.25, 0.3) is 5.91 Å². The van der Waals surface area contributed by atoms with Gasteiger partial charge in [-0.25, -0.2) is 9.67 Å². The molecule has 0 radical (unpaired) electrons. The number of anilines is 1. The molecular formula is C12H17ClN6OS. The van der Waals surface area contributed by atoms with E-state index in [0.29, 0.717) is 16.9 Å². The van der Waals surface area contributed by atoms with E-state index in [1.165, 1.54) is 11.3 Å². The highest BCUT2D eigenvalue weighted by Gasteiger charge is 2.19. The Morgan fingerprint density at radius 3 is 2.90 bits per heavy atom. The zero-order valence-corrected chi connectivity index (χ0v) is 13.2. The van der Waals surface area contributed by atoms with Crippen molar-refractivity contribution in [3.63, 3.8) is 0 Å². The molecule has 7 nitrogen and oxygen atoms in total. The number of nitrogens with zero attached hydrogens (tertiary/aromatic N) is 4. The van der Waals surface area contributed by atoms with Gasteiger partial charge in [-0.1, -0.05) is 5.21 Å². The van der Waals surface area contributed by atoms with E-state index < -0.39 is 0 Å². The van der Waals surface area contributed by atoms with E-state index in [1.807, 2.05) is 12.3 Å². The molecule has 1 saturated heterocycles. The molecule has 1 aliphatic heterocycles. The largest absolute Gasteiger partial charge is 0.317 e. The Morgan fingerprint density at radius 2 is 2.24 bits per heavy atom. The summed E-state index contributed by atoms with van der Waals surface area (Å²) in [6.07, 6.45) is 3.73. The minimum atomic E-state index is -0.264. The fraction of sp³-hybridized carbons (Fsp3) is 0.500. The summed E-state index contributed by atoms with van der Waals surface area (Å²) in [6, 6.07) is 0.326. The first kappa shape index (κ1) is 15.9. The summed E-state index contributed by atoms with van der Waals surface area (Å²) in [7, 11) is 0. The standard InChI is InChI=1S/C12H16N6OS.ClH/c1-8-7-20-12(14-8)15-11(19)10-6-18(17-16-10)9-2-4-13-5-3-9;/h6-7,9,13H,2-5H2,1H3,(H,14,15,19);1H. The van der Waals surface area contributed by atoms with Gasteiger partial charge in [-0.2, -0.15) is 0 Å². The molecule has 2 aromatic rings. The monoisotopic (exact) mass is 328 g/mol. The third kappa shape index (κ3) is 3.78. The Morgan fingerprint density at radius 1 is 1.48 bits per heavy atom. The van der Waals surface area contributed by atoms with Crippen molar-refractivity contribution >= 4 is 34.8 Å². The van der Waals surface area contributed by atoms with Crippen molar-refractivity contribution in [3.8, 4) is 0 Å². The molecule has 1 aliphatic rings. The van der Waals surface area contributed by atoms with Crippen LogP contribution >= 0.6 is 23.7 Å². The smallest absolute Gasteiger partial charge is 0.279 e. The van der Waals surface area contributed by atoms with Crippen LogP contribution in [-0.2, 0) is 0 Å². The van der Waals surface area contributed by atoms with Gasteiger partial charge in [-0.3, -0.25) is 10.1 Å². The summed E-state index contributed by atoms with van der Waals surface area (Å²) in [5.41, 5.74) is 1.22. The molecule has 0 unspecified atom stereocenters. The lowest BCUT2D eigenvalue weighted by atomic mass is 10.1. The van der Waals surface area contributed by atoms with E-state index in [2.05, 4.69) is 25.9 Å². The average Bonchev–Trinajstić information content (AvgIpc) is 3.09. The maximum Gasteiger partial charge on any atom is 0.279 e. The number of halogens is 1. The van der Waals surface area contributed by atoms with Gasteiger partial charge in [-0.05, 0) is 32.9 Å². The zero-order valence-electron chi connectivity index (χ0n) is 11.6. The van der Waals surface area contributed by atoms with Gasteiger partial charge in [0.2, 0.25) is 0 Å². The number of aromatic nitrogens is 4. The molecule has 1 amide bonds. The van der Waals surface area contributed by atoms with Crippen LogP contribution in [0.25, 0.3) is 0 Å². The van der Waals surface area contributed by atoms with Crippen LogP contribution in [0.1, 0.15) is 35.1 Å². The minimum Gasteiger partial charge on any atom is -0.317 e. The molecule has 9 heteroatoms. The lowest BCUT2D eigenvalue weighted by molar-refractivity contribution is 0.102. The minimum absolute atomic E-state index is 0. The third-order valence-corrected chi connectivity index (χ3v) is 4.14. The molecule has 0 spiro atoms. The maximum absolute atomic E-state index is 12.0. The average molecular weight is 329 g/mol. The fourth-order valence-corrected chi connectivity index (χ4v) is 2.89. The molecule has 21 heavy (non-hydrogen) atoms. The highest BCUT2D eigenvalue weighted by Crippen LogP contribution is 2.18. The van der Waals surface area contributed by atoms with Gasteiger partial charge < -0.3 is 5.32 Å². The molecular weight excluding hydrogens is 312 g/mol. The van der Waals surface area contributed by atoms with Crippen molar-refractivity contribution in [2.75, 3.05) is 18.4 Å². The Hall–Kier alpha value is -1.51. The molecule has 1 fully saturated rings. The van der Waals surface area contributed by atoms with Crippen molar-refractivity contribution in [2.24, 2.45) is 0 Å². The van der Waals surface area contributed by atoms with Crippen LogP contribution < -0.4 is 10.6 Å². The Bertz CT molecular complexity index is 606. The van der Waals surface area contributed by atoms with Gasteiger partial charge in [-0.15, -0.1) is 28.8 Å². The topological polar surface area (TPSA) is 84.7 Å². The second-order valence-electron chi connectivity index (χ2n) is 4.81. The van der Waals surface area contributed by atoms with E-state index >= 15 is 0 Å². The molecule has 0 aromatic carbocycles. The quantitative estimate of drug-likeness (QED) is 0.894. The van der Waals surface area contributed by atoms with Crippen molar-refractivity contribution in [2.45, 2.75) is 25.8 Å². The number of carbonyl (C=O) groups excluding carboxylic acids is 1. The number of hydrogen-bond donors (Lipinski definition) is 2. The SMILES string of the molecule is Cc1csc(NC(=O)c2cn(C3CCNCC3)nn2)n1.Cl. The van der Waals surface area contributed by atoms with Gasteiger partial charge in [0.05, 0.1) is 17.9 Å². The Labute approximate surface area is 132 Å².